The van der Waals surface area contributed by atoms with Gasteiger partial charge in [0.1, 0.15) is 0 Å². The molecule has 0 aliphatic heterocycles. The fourth-order valence-corrected chi connectivity index (χ4v) is 1.46. The maximum atomic E-state index is 11.0. The Balaban J connectivity index is 0. The molecule has 1 N–H and O–H groups in total. The fourth-order valence-electron chi connectivity index (χ4n) is 1.31. The van der Waals surface area contributed by atoms with Crippen molar-refractivity contribution in [3.05, 3.63) is 33.7 Å². The second-order valence-electron chi connectivity index (χ2n) is 3.79. The molecule has 0 aliphatic carbocycles. The Morgan fingerprint density at radius 3 is 2.37 bits per heavy atom. The van der Waals surface area contributed by atoms with E-state index >= 15 is 0 Å². The van der Waals surface area contributed by atoms with Gasteiger partial charge in [-0.25, -0.2) is 0 Å². The normalized spacial score (nSPS) is 13.4. The maximum Gasteiger partial charge on any atom is 0.287 e. The molecule has 0 bridgehead atoms. The van der Waals surface area contributed by atoms with Gasteiger partial charge in [-0.15, -0.1) is 0 Å². The van der Waals surface area contributed by atoms with Crippen molar-refractivity contribution in [1.29, 1.82) is 0 Å². The van der Waals surface area contributed by atoms with Gasteiger partial charge in [-0.05, 0) is 19.8 Å². The molecule has 0 amide bonds. The molecule has 0 radical (unpaired) electrons. The number of nitro groups is 1. The van der Waals surface area contributed by atoms with E-state index in [1.54, 1.807) is 12.2 Å². The number of hydrogen-bond acceptors (Lipinski definition) is 3. The Labute approximate surface area is 125 Å². The first-order valence-electron chi connectivity index (χ1n) is 6.96. The third kappa shape index (κ3) is 10.7. The minimum absolute atomic E-state index is 0.131. The number of hydrogen-bond donors (Lipinski definition) is 1. The summed E-state index contributed by atoms with van der Waals surface area (Å²) in [6.45, 7) is 10.7. The lowest BCUT2D eigenvalue weighted by atomic mass is 10.2. The monoisotopic (exact) mass is 334 g/mol. The van der Waals surface area contributed by atoms with Gasteiger partial charge in [-0.1, -0.05) is 56.1 Å². The van der Waals surface area contributed by atoms with Crippen molar-refractivity contribution in [3.8, 4) is 0 Å². The third-order valence-corrected chi connectivity index (χ3v) is 2.55. The minimum Gasteiger partial charge on any atom is -0.383 e. The standard InChI is InChI=1S/C12H21BrN2O2.C2H6/c1-4-6-9-14-11(5-2)12(15(16)17)8-7-10(3)13;1-2/h7-8,10,14H,4-6,9H2,1-3H3;1-2H3/b8-7-,12-11-;. The van der Waals surface area contributed by atoms with Crippen molar-refractivity contribution in [2.75, 3.05) is 6.54 Å². The summed E-state index contributed by atoms with van der Waals surface area (Å²) in [6, 6.07) is 0. The second-order valence-corrected chi connectivity index (χ2v) is 5.24. The summed E-state index contributed by atoms with van der Waals surface area (Å²) in [5.41, 5.74) is 0.864. The number of alkyl halides is 1. The van der Waals surface area contributed by atoms with Gasteiger partial charge in [-0.2, -0.15) is 0 Å². The Morgan fingerprint density at radius 2 is 2.00 bits per heavy atom. The van der Waals surface area contributed by atoms with Gasteiger partial charge < -0.3 is 5.32 Å². The molecule has 0 saturated heterocycles. The van der Waals surface area contributed by atoms with Gasteiger partial charge >= 0.3 is 0 Å². The van der Waals surface area contributed by atoms with Crippen LogP contribution in [0.5, 0.6) is 0 Å². The molecule has 0 aromatic rings. The Morgan fingerprint density at radius 1 is 1.42 bits per heavy atom. The number of halogens is 1. The first-order valence-corrected chi connectivity index (χ1v) is 7.88. The topological polar surface area (TPSA) is 55.2 Å². The van der Waals surface area contributed by atoms with Crippen LogP contribution in [-0.2, 0) is 0 Å². The zero-order chi connectivity index (χ0) is 15.3. The van der Waals surface area contributed by atoms with Gasteiger partial charge in [0.2, 0.25) is 0 Å². The molecular formula is C14H27BrN2O2. The number of allylic oxidation sites excluding steroid dienone is 3. The van der Waals surface area contributed by atoms with E-state index < -0.39 is 0 Å². The van der Waals surface area contributed by atoms with Gasteiger partial charge in [0, 0.05) is 17.4 Å². The number of nitrogens with zero attached hydrogens (tertiary/aromatic N) is 1. The molecule has 0 aromatic heterocycles. The summed E-state index contributed by atoms with van der Waals surface area (Å²) in [5.74, 6) is 0. The first-order chi connectivity index (χ1) is 9.02. The van der Waals surface area contributed by atoms with Crippen LogP contribution in [0.4, 0.5) is 0 Å². The van der Waals surface area contributed by atoms with E-state index in [1.165, 1.54) is 0 Å². The van der Waals surface area contributed by atoms with Crippen molar-refractivity contribution in [1.82, 2.24) is 5.32 Å². The fraction of sp³-hybridized carbons (Fsp3) is 0.714. The van der Waals surface area contributed by atoms with Crippen molar-refractivity contribution < 1.29 is 4.92 Å². The molecule has 0 heterocycles. The molecule has 0 rings (SSSR count). The van der Waals surface area contributed by atoms with Crippen LogP contribution in [0.15, 0.2) is 23.5 Å². The van der Waals surface area contributed by atoms with E-state index in [0.717, 1.165) is 19.4 Å². The molecule has 0 fully saturated rings. The maximum absolute atomic E-state index is 11.0. The van der Waals surface area contributed by atoms with E-state index in [4.69, 9.17) is 0 Å². The smallest absolute Gasteiger partial charge is 0.287 e. The average molecular weight is 335 g/mol. The van der Waals surface area contributed by atoms with Gasteiger partial charge in [0.25, 0.3) is 5.70 Å². The predicted octanol–water partition coefficient (Wildman–Crippen LogP) is 4.64. The summed E-state index contributed by atoms with van der Waals surface area (Å²) in [5, 5.41) is 14.1. The van der Waals surface area contributed by atoms with Crippen molar-refractivity contribution >= 4 is 15.9 Å². The Hall–Kier alpha value is -0.840. The van der Waals surface area contributed by atoms with Crippen LogP contribution in [0.1, 0.15) is 53.9 Å². The van der Waals surface area contributed by atoms with Crippen LogP contribution in [0.3, 0.4) is 0 Å². The molecule has 1 unspecified atom stereocenters. The third-order valence-electron chi connectivity index (χ3n) is 2.25. The summed E-state index contributed by atoms with van der Waals surface area (Å²) in [4.78, 5) is 10.8. The summed E-state index contributed by atoms with van der Waals surface area (Å²) >= 11 is 3.33. The molecule has 112 valence electrons. The number of nitrogens with one attached hydrogen (secondary N) is 1. The highest BCUT2D eigenvalue weighted by Gasteiger charge is 2.13. The molecule has 19 heavy (non-hydrogen) atoms. The molecule has 0 aromatic carbocycles. The highest BCUT2D eigenvalue weighted by molar-refractivity contribution is 9.09. The van der Waals surface area contributed by atoms with Crippen molar-refractivity contribution in [2.45, 2.75) is 58.7 Å². The van der Waals surface area contributed by atoms with E-state index in [0.29, 0.717) is 12.1 Å². The van der Waals surface area contributed by atoms with E-state index in [-0.39, 0.29) is 15.4 Å². The summed E-state index contributed by atoms with van der Waals surface area (Å²) < 4.78 is 0. The van der Waals surface area contributed by atoms with E-state index in [9.17, 15) is 10.1 Å². The molecular weight excluding hydrogens is 308 g/mol. The van der Waals surface area contributed by atoms with Crippen molar-refractivity contribution in [3.63, 3.8) is 0 Å². The highest BCUT2D eigenvalue weighted by atomic mass is 79.9. The zero-order valence-corrected chi connectivity index (χ0v) is 14.3. The van der Waals surface area contributed by atoms with Crippen LogP contribution in [0.2, 0.25) is 0 Å². The largest absolute Gasteiger partial charge is 0.383 e. The zero-order valence-electron chi connectivity index (χ0n) is 12.7. The quantitative estimate of drug-likeness (QED) is 0.231. The molecule has 0 saturated carbocycles. The summed E-state index contributed by atoms with van der Waals surface area (Å²) in [6.07, 6.45) is 6.08. The predicted molar refractivity (Wildman–Crippen MR) is 86.1 cm³/mol. The van der Waals surface area contributed by atoms with E-state index in [1.807, 2.05) is 27.7 Å². The SMILES string of the molecule is CC.CCCCN/C(CC)=C(/C=C\C(C)Br)[N+](=O)[O-]. The van der Waals surface area contributed by atoms with Gasteiger partial charge in [0.15, 0.2) is 0 Å². The lowest BCUT2D eigenvalue weighted by Gasteiger charge is -2.08. The van der Waals surface area contributed by atoms with Crippen LogP contribution < -0.4 is 5.32 Å². The van der Waals surface area contributed by atoms with Crippen LogP contribution in [0.25, 0.3) is 0 Å². The highest BCUT2D eigenvalue weighted by Crippen LogP contribution is 2.11. The minimum atomic E-state index is -0.330. The number of unbranched alkanes of at least 4 members (excludes halogenated alkanes) is 1. The van der Waals surface area contributed by atoms with Gasteiger partial charge in [0.05, 0.1) is 10.6 Å². The lowest BCUT2D eigenvalue weighted by Crippen LogP contribution is -2.18. The summed E-state index contributed by atoms with van der Waals surface area (Å²) in [7, 11) is 0. The average Bonchev–Trinajstić information content (AvgIpc) is 2.38. The van der Waals surface area contributed by atoms with Crippen LogP contribution >= 0.6 is 15.9 Å². The van der Waals surface area contributed by atoms with E-state index in [2.05, 4.69) is 28.2 Å². The second kappa shape index (κ2) is 13.6. The lowest BCUT2D eigenvalue weighted by molar-refractivity contribution is -0.420. The van der Waals surface area contributed by atoms with Crippen LogP contribution in [0, 0.1) is 10.1 Å². The Kier molecular flexibility index (Phi) is 14.6. The van der Waals surface area contributed by atoms with Gasteiger partial charge in [-0.3, -0.25) is 10.1 Å². The number of rotatable bonds is 8. The molecule has 4 nitrogen and oxygen atoms in total. The first kappa shape index (κ1) is 20.5. The Bertz CT molecular complexity index is 300. The molecule has 0 spiro atoms. The van der Waals surface area contributed by atoms with Crippen LogP contribution in [-0.4, -0.2) is 16.3 Å². The molecule has 1 atom stereocenters. The molecule has 0 aliphatic rings. The van der Waals surface area contributed by atoms with Crippen molar-refractivity contribution in [2.24, 2.45) is 0 Å². The molecule has 5 heteroatoms.